The van der Waals surface area contributed by atoms with Crippen LogP contribution >= 0.6 is 0 Å². The first-order valence-corrected chi connectivity index (χ1v) is 8.54. The third-order valence-electron chi connectivity index (χ3n) is 4.95. The molecule has 1 aromatic rings. The highest BCUT2D eigenvalue weighted by Crippen LogP contribution is 2.29. The average molecular weight is 302 g/mol. The zero-order valence-electron chi connectivity index (χ0n) is 13.5. The largest absolute Gasteiger partial charge is 0.370 e. The number of aromatic nitrogens is 1. The summed E-state index contributed by atoms with van der Waals surface area (Å²) in [6, 6.07) is 4.04. The molecule has 1 amide bonds. The van der Waals surface area contributed by atoms with Crippen LogP contribution in [-0.2, 0) is 9.53 Å². The first-order chi connectivity index (χ1) is 10.7. The molecule has 3 rings (SSSR count). The van der Waals surface area contributed by atoms with Gasteiger partial charge in [-0.2, -0.15) is 0 Å². The van der Waals surface area contributed by atoms with Crippen molar-refractivity contribution in [3.05, 3.63) is 29.6 Å². The van der Waals surface area contributed by atoms with E-state index in [1.807, 2.05) is 24.1 Å². The second-order valence-corrected chi connectivity index (χ2v) is 6.62. The Morgan fingerprint density at radius 1 is 1.41 bits per heavy atom. The van der Waals surface area contributed by atoms with Crippen LogP contribution in [0, 0.1) is 12.8 Å². The van der Waals surface area contributed by atoms with Gasteiger partial charge in [0, 0.05) is 24.9 Å². The van der Waals surface area contributed by atoms with E-state index in [-0.39, 0.29) is 6.10 Å². The van der Waals surface area contributed by atoms with Crippen LogP contribution in [0.2, 0.25) is 0 Å². The Morgan fingerprint density at radius 2 is 2.23 bits per heavy atom. The molecule has 1 aliphatic carbocycles. The van der Waals surface area contributed by atoms with E-state index < -0.39 is 0 Å². The molecule has 1 saturated carbocycles. The van der Waals surface area contributed by atoms with Gasteiger partial charge in [0.15, 0.2) is 0 Å². The van der Waals surface area contributed by atoms with Crippen molar-refractivity contribution in [2.45, 2.75) is 51.6 Å². The summed E-state index contributed by atoms with van der Waals surface area (Å²) in [6.07, 6.45) is 8.90. The fourth-order valence-corrected chi connectivity index (χ4v) is 3.63. The van der Waals surface area contributed by atoms with Gasteiger partial charge in [-0.1, -0.05) is 25.7 Å². The number of ether oxygens (including phenoxy) is 1. The maximum Gasteiger partial charge on any atom is 0.222 e. The quantitative estimate of drug-likeness (QED) is 0.857. The molecule has 4 nitrogen and oxygen atoms in total. The van der Waals surface area contributed by atoms with Gasteiger partial charge in [-0.3, -0.25) is 9.78 Å². The summed E-state index contributed by atoms with van der Waals surface area (Å²) >= 11 is 0. The molecule has 2 aliphatic rings. The van der Waals surface area contributed by atoms with Crippen molar-refractivity contribution in [2.24, 2.45) is 5.92 Å². The first kappa shape index (κ1) is 15.5. The van der Waals surface area contributed by atoms with Crippen LogP contribution in [0.25, 0.3) is 0 Å². The van der Waals surface area contributed by atoms with Gasteiger partial charge in [0.25, 0.3) is 0 Å². The van der Waals surface area contributed by atoms with Crippen LogP contribution in [0.15, 0.2) is 18.3 Å². The predicted octanol–water partition coefficient (Wildman–Crippen LogP) is 3.26. The zero-order chi connectivity index (χ0) is 15.4. The number of carbonyl (C=O) groups is 1. The molecule has 1 aromatic heterocycles. The highest BCUT2D eigenvalue weighted by molar-refractivity contribution is 5.76. The molecule has 0 aromatic carbocycles. The van der Waals surface area contributed by atoms with E-state index in [0.717, 1.165) is 30.1 Å². The Morgan fingerprint density at radius 3 is 3.00 bits per heavy atom. The maximum absolute atomic E-state index is 12.5. The molecule has 0 spiro atoms. The topological polar surface area (TPSA) is 42.4 Å². The smallest absolute Gasteiger partial charge is 0.222 e. The van der Waals surface area contributed by atoms with Crippen LogP contribution in [-0.4, -0.2) is 35.5 Å². The number of hydrogen-bond acceptors (Lipinski definition) is 3. The molecule has 22 heavy (non-hydrogen) atoms. The van der Waals surface area contributed by atoms with E-state index in [0.29, 0.717) is 25.5 Å². The highest BCUT2D eigenvalue weighted by atomic mass is 16.5. The minimum atomic E-state index is -0.00844. The van der Waals surface area contributed by atoms with Gasteiger partial charge in [0.2, 0.25) is 5.91 Å². The van der Waals surface area contributed by atoms with Gasteiger partial charge in [0.05, 0.1) is 13.2 Å². The van der Waals surface area contributed by atoms with Crippen molar-refractivity contribution in [3.63, 3.8) is 0 Å². The molecular weight excluding hydrogens is 276 g/mol. The van der Waals surface area contributed by atoms with Gasteiger partial charge in [-0.15, -0.1) is 0 Å². The Labute approximate surface area is 132 Å². The Balaban J connectivity index is 1.54. The number of morpholine rings is 1. The average Bonchev–Trinajstić information content (AvgIpc) is 3.06. The van der Waals surface area contributed by atoms with Crippen LogP contribution in [0.4, 0.5) is 0 Å². The summed E-state index contributed by atoms with van der Waals surface area (Å²) in [4.78, 5) is 18.7. The zero-order valence-corrected chi connectivity index (χ0v) is 13.5. The standard InChI is InChI=1S/C18H26N2O2/c1-14-12-16(8-9-19-14)17-13-20(10-11-22-17)18(21)7-6-15-4-2-3-5-15/h8-9,12,15,17H,2-7,10-11,13H2,1H3/t17-/m1/s1. The van der Waals surface area contributed by atoms with Crippen LogP contribution in [0.3, 0.4) is 0 Å². The molecule has 2 fully saturated rings. The van der Waals surface area contributed by atoms with Crippen molar-refractivity contribution < 1.29 is 9.53 Å². The molecule has 0 radical (unpaired) electrons. The molecular formula is C18H26N2O2. The third-order valence-corrected chi connectivity index (χ3v) is 4.95. The SMILES string of the molecule is Cc1cc([C@H]2CN(C(=O)CCC3CCCC3)CCO2)ccn1. The number of pyridine rings is 1. The maximum atomic E-state index is 12.5. The Hall–Kier alpha value is -1.42. The normalized spacial score (nSPS) is 23.0. The van der Waals surface area contributed by atoms with Crippen LogP contribution in [0.5, 0.6) is 0 Å². The van der Waals surface area contributed by atoms with E-state index in [1.54, 1.807) is 0 Å². The minimum absolute atomic E-state index is 0.00844. The summed E-state index contributed by atoms with van der Waals surface area (Å²) in [5.41, 5.74) is 2.12. The summed E-state index contributed by atoms with van der Waals surface area (Å²) < 4.78 is 5.86. The molecule has 0 bridgehead atoms. The number of rotatable bonds is 4. The number of carbonyl (C=O) groups excluding carboxylic acids is 1. The lowest BCUT2D eigenvalue weighted by Crippen LogP contribution is -2.42. The molecule has 120 valence electrons. The molecule has 4 heteroatoms. The van der Waals surface area contributed by atoms with E-state index in [1.165, 1.54) is 25.7 Å². The number of nitrogens with zero attached hydrogens (tertiary/aromatic N) is 2. The van der Waals surface area contributed by atoms with Gasteiger partial charge in [0.1, 0.15) is 6.10 Å². The number of aryl methyl sites for hydroxylation is 1. The third kappa shape index (κ3) is 3.86. The van der Waals surface area contributed by atoms with Crippen molar-refractivity contribution >= 4 is 5.91 Å². The molecule has 0 unspecified atom stereocenters. The Kier molecular flexibility index (Phi) is 5.08. The van der Waals surface area contributed by atoms with E-state index in [9.17, 15) is 4.79 Å². The van der Waals surface area contributed by atoms with E-state index in [2.05, 4.69) is 11.1 Å². The lowest BCUT2D eigenvalue weighted by Gasteiger charge is -2.33. The van der Waals surface area contributed by atoms with Crippen LogP contribution in [0.1, 0.15) is 55.9 Å². The van der Waals surface area contributed by atoms with E-state index in [4.69, 9.17) is 4.74 Å². The van der Waals surface area contributed by atoms with E-state index >= 15 is 0 Å². The summed E-state index contributed by atoms with van der Waals surface area (Å²) in [6.45, 7) is 4.01. The lowest BCUT2D eigenvalue weighted by molar-refractivity contribution is -0.139. The van der Waals surface area contributed by atoms with Crippen molar-refractivity contribution in [1.82, 2.24) is 9.88 Å². The van der Waals surface area contributed by atoms with Crippen molar-refractivity contribution in [3.8, 4) is 0 Å². The predicted molar refractivity (Wildman–Crippen MR) is 85.4 cm³/mol. The van der Waals surface area contributed by atoms with Gasteiger partial charge in [-0.05, 0) is 37.0 Å². The number of hydrogen-bond donors (Lipinski definition) is 0. The van der Waals surface area contributed by atoms with Crippen molar-refractivity contribution in [1.29, 1.82) is 0 Å². The molecule has 1 saturated heterocycles. The van der Waals surface area contributed by atoms with Gasteiger partial charge < -0.3 is 9.64 Å². The fourth-order valence-electron chi connectivity index (χ4n) is 3.63. The molecule has 1 atom stereocenters. The van der Waals surface area contributed by atoms with Gasteiger partial charge >= 0.3 is 0 Å². The highest BCUT2D eigenvalue weighted by Gasteiger charge is 2.26. The molecule has 0 N–H and O–H groups in total. The summed E-state index contributed by atoms with van der Waals surface area (Å²) in [7, 11) is 0. The fraction of sp³-hybridized carbons (Fsp3) is 0.667. The van der Waals surface area contributed by atoms with Crippen molar-refractivity contribution in [2.75, 3.05) is 19.7 Å². The summed E-state index contributed by atoms with van der Waals surface area (Å²) in [5.74, 6) is 1.08. The monoisotopic (exact) mass is 302 g/mol. The van der Waals surface area contributed by atoms with Gasteiger partial charge in [-0.25, -0.2) is 0 Å². The summed E-state index contributed by atoms with van der Waals surface area (Å²) in [5, 5.41) is 0. The molecule has 2 heterocycles. The second kappa shape index (κ2) is 7.23. The first-order valence-electron chi connectivity index (χ1n) is 8.54. The minimum Gasteiger partial charge on any atom is -0.370 e. The number of amides is 1. The van der Waals surface area contributed by atoms with Crippen LogP contribution < -0.4 is 0 Å². The Bertz CT molecular complexity index is 512. The molecule has 1 aliphatic heterocycles. The second-order valence-electron chi connectivity index (χ2n) is 6.62. The lowest BCUT2D eigenvalue weighted by atomic mass is 10.0.